The molecule has 1 aliphatic carbocycles. The molecule has 0 heterocycles. The predicted molar refractivity (Wildman–Crippen MR) is 76.4 cm³/mol. The van der Waals surface area contributed by atoms with E-state index >= 15 is 0 Å². The van der Waals surface area contributed by atoms with Gasteiger partial charge in [-0.15, -0.1) is 0 Å². The number of hydrogen-bond acceptors (Lipinski definition) is 1. The smallest absolute Gasteiger partial charge is 0.0724 e. The zero-order valence-electron chi connectivity index (χ0n) is 12.0. The van der Waals surface area contributed by atoms with Gasteiger partial charge >= 0.3 is 0 Å². The summed E-state index contributed by atoms with van der Waals surface area (Å²) in [5.41, 5.74) is 1.28. The molecule has 1 saturated carbocycles. The van der Waals surface area contributed by atoms with Crippen molar-refractivity contribution in [3.8, 4) is 0 Å². The van der Waals surface area contributed by atoms with Crippen molar-refractivity contribution < 1.29 is 4.74 Å². The Morgan fingerprint density at radius 1 is 1.06 bits per heavy atom. The molecular weight excluding hydrogens is 220 g/mol. The zero-order chi connectivity index (χ0) is 13.0. The summed E-state index contributed by atoms with van der Waals surface area (Å²) in [6.07, 6.45) is 5.37. The van der Waals surface area contributed by atoms with Gasteiger partial charge in [0.25, 0.3) is 0 Å². The highest BCUT2D eigenvalue weighted by Gasteiger charge is 2.32. The monoisotopic (exact) mass is 246 g/mol. The Morgan fingerprint density at radius 2 is 1.67 bits per heavy atom. The SMILES string of the molecule is CC1CCC(C(C)(C)OCc2ccccc2)CC1. The standard InChI is InChI=1S/C17H26O/c1-14-9-11-16(12-10-14)17(2,3)18-13-15-7-5-4-6-8-15/h4-8,14,16H,9-13H2,1-3H3. The largest absolute Gasteiger partial charge is 0.371 e. The van der Waals surface area contributed by atoms with Crippen molar-refractivity contribution >= 4 is 0 Å². The first kappa shape index (κ1) is 13.6. The minimum absolute atomic E-state index is 0.00990. The van der Waals surface area contributed by atoms with Gasteiger partial charge < -0.3 is 4.74 Å². The van der Waals surface area contributed by atoms with Crippen LogP contribution in [0.5, 0.6) is 0 Å². The summed E-state index contributed by atoms with van der Waals surface area (Å²) in [5.74, 6) is 1.63. The Hall–Kier alpha value is -0.820. The number of ether oxygens (including phenoxy) is 1. The average Bonchev–Trinajstić information content (AvgIpc) is 2.38. The fraction of sp³-hybridized carbons (Fsp3) is 0.647. The molecule has 0 bridgehead atoms. The van der Waals surface area contributed by atoms with Crippen LogP contribution in [0.25, 0.3) is 0 Å². The number of hydrogen-bond donors (Lipinski definition) is 0. The van der Waals surface area contributed by atoms with Gasteiger partial charge in [0.15, 0.2) is 0 Å². The van der Waals surface area contributed by atoms with E-state index in [1.807, 2.05) is 0 Å². The molecule has 0 aromatic heterocycles. The maximum Gasteiger partial charge on any atom is 0.0724 e. The molecular formula is C17H26O. The highest BCUT2D eigenvalue weighted by molar-refractivity contribution is 5.13. The van der Waals surface area contributed by atoms with Gasteiger partial charge in [0.05, 0.1) is 12.2 Å². The van der Waals surface area contributed by atoms with Crippen LogP contribution in [-0.2, 0) is 11.3 Å². The molecule has 1 aliphatic rings. The third-order valence-corrected chi connectivity index (χ3v) is 4.45. The van der Waals surface area contributed by atoms with Crippen molar-refractivity contribution in [3.63, 3.8) is 0 Å². The van der Waals surface area contributed by atoms with Crippen LogP contribution < -0.4 is 0 Å². The van der Waals surface area contributed by atoms with E-state index in [0.29, 0.717) is 0 Å². The Morgan fingerprint density at radius 3 is 2.28 bits per heavy atom. The lowest BCUT2D eigenvalue weighted by Crippen LogP contribution is -2.36. The molecule has 100 valence electrons. The van der Waals surface area contributed by atoms with Crippen LogP contribution in [0, 0.1) is 11.8 Å². The molecule has 0 unspecified atom stereocenters. The summed E-state index contributed by atoms with van der Waals surface area (Å²) in [6.45, 7) is 7.63. The maximum atomic E-state index is 6.19. The number of benzene rings is 1. The van der Waals surface area contributed by atoms with E-state index in [4.69, 9.17) is 4.74 Å². The van der Waals surface area contributed by atoms with Gasteiger partial charge in [0, 0.05) is 0 Å². The summed E-state index contributed by atoms with van der Waals surface area (Å²) < 4.78 is 6.19. The molecule has 1 aromatic rings. The second-order valence-electron chi connectivity index (χ2n) is 6.33. The summed E-state index contributed by atoms with van der Waals surface area (Å²) in [4.78, 5) is 0. The lowest BCUT2D eigenvalue weighted by Gasteiger charge is -2.38. The van der Waals surface area contributed by atoms with Gasteiger partial charge in [0.2, 0.25) is 0 Å². The van der Waals surface area contributed by atoms with Crippen molar-refractivity contribution in [3.05, 3.63) is 35.9 Å². The van der Waals surface area contributed by atoms with Crippen LogP contribution in [0.3, 0.4) is 0 Å². The maximum absolute atomic E-state index is 6.19. The Labute approximate surface area is 112 Å². The molecule has 18 heavy (non-hydrogen) atoms. The highest BCUT2D eigenvalue weighted by atomic mass is 16.5. The molecule has 2 rings (SSSR count). The average molecular weight is 246 g/mol. The molecule has 0 amide bonds. The fourth-order valence-corrected chi connectivity index (χ4v) is 2.92. The van der Waals surface area contributed by atoms with Crippen LogP contribution in [-0.4, -0.2) is 5.60 Å². The second-order valence-corrected chi connectivity index (χ2v) is 6.33. The quantitative estimate of drug-likeness (QED) is 0.741. The van der Waals surface area contributed by atoms with E-state index < -0.39 is 0 Å². The Bertz CT molecular complexity index is 347. The van der Waals surface area contributed by atoms with Crippen molar-refractivity contribution in [2.45, 2.75) is 58.7 Å². The van der Waals surface area contributed by atoms with Gasteiger partial charge in [-0.1, -0.05) is 50.1 Å². The molecule has 0 spiro atoms. The van der Waals surface area contributed by atoms with E-state index in [9.17, 15) is 0 Å². The minimum Gasteiger partial charge on any atom is -0.371 e. The second kappa shape index (κ2) is 5.88. The Balaban J connectivity index is 1.87. The van der Waals surface area contributed by atoms with Crippen LogP contribution in [0.1, 0.15) is 52.0 Å². The van der Waals surface area contributed by atoms with Crippen LogP contribution in [0.2, 0.25) is 0 Å². The normalized spacial score (nSPS) is 25.1. The first-order valence-corrected chi connectivity index (χ1v) is 7.26. The van der Waals surface area contributed by atoms with E-state index in [1.165, 1.54) is 31.2 Å². The zero-order valence-corrected chi connectivity index (χ0v) is 12.0. The van der Waals surface area contributed by atoms with Crippen LogP contribution in [0.4, 0.5) is 0 Å². The van der Waals surface area contributed by atoms with E-state index in [1.54, 1.807) is 0 Å². The third-order valence-electron chi connectivity index (χ3n) is 4.45. The molecule has 0 radical (unpaired) electrons. The summed E-state index contributed by atoms with van der Waals surface area (Å²) in [7, 11) is 0. The van der Waals surface area contributed by atoms with Gasteiger partial charge in [0.1, 0.15) is 0 Å². The molecule has 0 saturated heterocycles. The lowest BCUT2D eigenvalue weighted by molar-refractivity contribution is -0.0826. The van der Waals surface area contributed by atoms with Gasteiger partial charge in [-0.2, -0.15) is 0 Å². The fourth-order valence-electron chi connectivity index (χ4n) is 2.92. The van der Waals surface area contributed by atoms with E-state index in [0.717, 1.165) is 18.4 Å². The first-order valence-electron chi connectivity index (χ1n) is 7.26. The van der Waals surface area contributed by atoms with Gasteiger partial charge in [-0.25, -0.2) is 0 Å². The van der Waals surface area contributed by atoms with Crippen molar-refractivity contribution in [2.24, 2.45) is 11.8 Å². The third kappa shape index (κ3) is 3.58. The van der Waals surface area contributed by atoms with E-state index in [-0.39, 0.29) is 5.60 Å². The summed E-state index contributed by atoms with van der Waals surface area (Å²) in [5, 5.41) is 0. The van der Waals surface area contributed by atoms with Crippen LogP contribution in [0.15, 0.2) is 30.3 Å². The van der Waals surface area contributed by atoms with Gasteiger partial charge in [-0.05, 0) is 44.1 Å². The molecule has 0 aliphatic heterocycles. The molecule has 1 aromatic carbocycles. The minimum atomic E-state index is 0.00990. The highest BCUT2D eigenvalue weighted by Crippen LogP contribution is 2.37. The topological polar surface area (TPSA) is 9.23 Å². The lowest BCUT2D eigenvalue weighted by atomic mass is 9.75. The van der Waals surface area contributed by atoms with E-state index in [2.05, 4.69) is 51.1 Å². The van der Waals surface area contributed by atoms with Crippen molar-refractivity contribution in [2.75, 3.05) is 0 Å². The van der Waals surface area contributed by atoms with Crippen molar-refractivity contribution in [1.29, 1.82) is 0 Å². The molecule has 0 atom stereocenters. The molecule has 0 N–H and O–H groups in total. The molecule has 1 heteroatoms. The number of rotatable bonds is 4. The Kier molecular flexibility index (Phi) is 4.45. The first-order chi connectivity index (χ1) is 8.58. The summed E-state index contributed by atoms with van der Waals surface area (Å²) >= 11 is 0. The molecule has 1 fully saturated rings. The van der Waals surface area contributed by atoms with Crippen molar-refractivity contribution in [1.82, 2.24) is 0 Å². The summed E-state index contributed by atoms with van der Waals surface area (Å²) in [6, 6.07) is 10.5. The van der Waals surface area contributed by atoms with Gasteiger partial charge in [-0.3, -0.25) is 0 Å². The predicted octanol–water partition coefficient (Wildman–Crippen LogP) is 4.81. The molecule has 1 nitrogen and oxygen atoms in total. The van der Waals surface area contributed by atoms with Crippen LogP contribution >= 0.6 is 0 Å².